The lowest BCUT2D eigenvalue weighted by Crippen LogP contribution is -2.63. The molecule has 0 saturated carbocycles. The van der Waals surface area contributed by atoms with Crippen LogP contribution in [0.1, 0.15) is 5.76 Å². The van der Waals surface area contributed by atoms with Crippen LogP contribution in [0.2, 0.25) is 0 Å². The molecule has 1 aromatic heterocycles. The van der Waals surface area contributed by atoms with Gasteiger partial charge < -0.3 is 19.1 Å². The third-order valence-corrected chi connectivity index (χ3v) is 4.16. The number of nitrogens with zero attached hydrogens (tertiary/aromatic N) is 4. The number of carbonyl (C=O) groups excluding carboxylic acids is 2. The second kappa shape index (κ2) is 4.24. The Morgan fingerprint density at radius 1 is 1.43 bits per heavy atom. The Labute approximate surface area is 121 Å². The zero-order valence-electron chi connectivity index (χ0n) is 11.5. The number of nitrogens with one attached hydrogen (secondary N) is 1. The maximum Gasteiger partial charge on any atom is 0.325 e. The highest BCUT2D eigenvalue weighted by Gasteiger charge is 2.51. The molecule has 1 aromatic rings. The molecule has 0 spiro atoms. The van der Waals surface area contributed by atoms with Gasteiger partial charge in [-0.1, -0.05) is 0 Å². The molecule has 21 heavy (non-hydrogen) atoms. The third-order valence-electron chi connectivity index (χ3n) is 4.16. The predicted molar refractivity (Wildman–Crippen MR) is 72.1 cm³/mol. The largest absolute Gasteiger partial charge is 0.467 e. The van der Waals surface area contributed by atoms with Crippen LogP contribution in [0.3, 0.4) is 0 Å². The minimum Gasteiger partial charge on any atom is -0.467 e. The highest BCUT2D eigenvalue weighted by Crippen LogP contribution is 2.28. The monoisotopic (exact) mass is 289 g/mol. The fraction of sp³-hybridized carbons (Fsp3) is 0.462. The second-order valence-corrected chi connectivity index (χ2v) is 5.39. The number of guanidine groups is 1. The molecule has 110 valence electrons. The van der Waals surface area contributed by atoms with Crippen LogP contribution in [0.15, 0.2) is 27.8 Å². The zero-order chi connectivity index (χ0) is 14.6. The Balaban J connectivity index is 1.61. The number of urea groups is 1. The fourth-order valence-electron chi connectivity index (χ4n) is 3.08. The average Bonchev–Trinajstić information content (AvgIpc) is 3.14. The Morgan fingerprint density at radius 2 is 2.29 bits per heavy atom. The van der Waals surface area contributed by atoms with Crippen LogP contribution >= 0.6 is 0 Å². The van der Waals surface area contributed by atoms with E-state index in [1.165, 1.54) is 4.90 Å². The van der Waals surface area contributed by atoms with Gasteiger partial charge in [0.2, 0.25) is 0 Å². The molecule has 8 heteroatoms. The summed E-state index contributed by atoms with van der Waals surface area (Å²) in [7, 11) is 1.66. The SMILES string of the molecule is CN1C(=O)NC(=O)C2C1N=C1N(Cc3ccco3)CCN12. The molecule has 0 aromatic carbocycles. The Kier molecular flexibility index (Phi) is 2.47. The van der Waals surface area contributed by atoms with Gasteiger partial charge in [0.1, 0.15) is 5.76 Å². The number of furan rings is 1. The van der Waals surface area contributed by atoms with Crippen LogP contribution in [0.4, 0.5) is 4.79 Å². The number of fused-ring (bicyclic) bond motifs is 3. The first-order valence-corrected chi connectivity index (χ1v) is 6.84. The Bertz CT molecular complexity index is 626. The van der Waals surface area contributed by atoms with E-state index in [9.17, 15) is 9.59 Å². The number of aliphatic imine (C=N–C) groups is 1. The molecule has 2 saturated heterocycles. The van der Waals surface area contributed by atoms with Gasteiger partial charge in [0, 0.05) is 20.1 Å². The van der Waals surface area contributed by atoms with E-state index in [2.05, 4.69) is 15.2 Å². The van der Waals surface area contributed by atoms with E-state index in [1.807, 2.05) is 17.0 Å². The molecule has 3 amide bonds. The summed E-state index contributed by atoms with van der Waals surface area (Å²) in [6.07, 6.45) is 1.19. The lowest BCUT2D eigenvalue weighted by Gasteiger charge is -2.34. The van der Waals surface area contributed by atoms with Gasteiger partial charge in [-0.25, -0.2) is 9.79 Å². The molecule has 2 fully saturated rings. The molecule has 3 aliphatic heterocycles. The molecular weight excluding hydrogens is 274 g/mol. The fourth-order valence-corrected chi connectivity index (χ4v) is 3.08. The summed E-state index contributed by atoms with van der Waals surface area (Å²) >= 11 is 0. The van der Waals surface area contributed by atoms with Gasteiger partial charge in [-0.05, 0) is 12.1 Å². The van der Waals surface area contributed by atoms with Gasteiger partial charge in [0.15, 0.2) is 18.2 Å². The van der Waals surface area contributed by atoms with Crippen molar-refractivity contribution >= 4 is 17.9 Å². The second-order valence-electron chi connectivity index (χ2n) is 5.39. The standard InChI is InChI=1S/C13H15N5O3/c1-16-10-9(11(19)15-13(16)20)18-5-4-17(12(18)14-10)7-8-3-2-6-21-8/h2-3,6,9-10H,4-5,7H2,1H3,(H,15,19,20). The van der Waals surface area contributed by atoms with Gasteiger partial charge in [0.05, 0.1) is 12.8 Å². The number of likely N-dealkylation sites (N-methyl/N-ethyl adjacent to an activating group) is 1. The van der Waals surface area contributed by atoms with Crippen molar-refractivity contribution in [1.82, 2.24) is 20.0 Å². The van der Waals surface area contributed by atoms with E-state index in [1.54, 1.807) is 13.3 Å². The van der Waals surface area contributed by atoms with Crippen molar-refractivity contribution in [2.24, 2.45) is 4.99 Å². The molecule has 8 nitrogen and oxygen atoms in total. The van der Waals surface area contributed by atoms with Crippen molar-refractivity contribution in [3.63, 3.8) is 0 Å². The summed E-state index contributed by atoms with van der Waals surface area (Å²) in [6, 6.07) is 2.93. The van der Waals surface area contributed by atoms with E-state index in [-0.39, 0.29) is 5.91 Å². The van der Waals surface area contributed by atoms with E-state index >= 15 is 0 Å². The Hall–Kier alpha value is -2.51. The van der Waals surface area contributed by atoms with Crippen molar-refractivity contribution in [3.05, 3.63) is 24.2 Å². The quantitative estimate of drug-likeness (QED) is 0.804. The highest BCUT2D eigenvalue weighted by atomic mass is 16.3. The van der Waals surface area contributed by atoms with Crippen LogP contribution in [-0.4, -0.2) is 64.9 Å². The molecular formula is C13H15N5O3. The molecule has 4 heterocycles. The molecule has 4 rings (SSSR count). The van der Waals surface area contributed by atoms with Gasteiger partial charge in [-0.3, -0.25) is 10.1 Å². The van der Waals surface area contributed by atoms with Crippen LogP contribution in [0.5, 0.6) is 0 Å². The van der Waals surface area contributed by atoms with Crippen LogP contribution in [0.25, 0.3) is 0 Å². The van der Waals surface area contributed by atoms with Crippen LogP contribution < -0.4 is 5.32 Å². The van der Waals surface area contributed by atoms with E-state index in [4.69, 9.17) is 4.42 Å². The maximum atomic E-state index is 12.1. The first kappa shape index (κ1) is 12.2. The number of amides is 3. The number of rotatable bonds is 2. The average molecular weight is 289 g/mol. The maximum absolute atomic E-state index is 12.1. The summed E-state index contributed by atoms with van der Waals surface area (Å²) in [5, 5.41) is 2.37. The summed E-state index contributed by atoms with van der Waals surface area (Å²) in [6.45, 7) is 2.12. The molecule has 1 N–H and O–H groups in total. The molecule has 3 aliphatic rings. The smallest absolute Gasteiger partial charge is 0.325 e. The number of carbonyl (C=O) groups is 2. The lowest BCUT2D eigenvalue weighted by atomic mass is 10.1. The summed E-state index contributed by atoms with van der Waals surface area (Å²) in [5.74, 6) is 1.34. The van der Waals surface area contributed by atoms with Crippen molar-refractivity contribution in [2.45, 2.75) is 18.8 Å². The van der Waals surface area contributed by atoms with E-state index in [0.717, 1.165) is 24.8 Å². The summed E-state index contributed by atoms with van der Waals surface area (Å²) in [5.41, 5.74) is 0. The van der Waals surface area contributed by atoms with Gasteiger partial charge >= 0.3 is 6.03 Å². The van der Waals surface area contributed by atoms with Crippen molar-refractivity contribution < 1.29 is 14.0 Å². The van der Waals surface area contributed by atoms with Crippen LogP contribution in [0, 0.1) is 0 Å². The first-order valence-electron chi connectivity index (χ1n) is 6.84. The summed E-state index contributed by atoms with van der Waals surface area (Å²) in [4.78, 5) is 33.9. The van der Waals surface area contributed by atoms with Crippen molar-refractivity contribution in [1.29, 1.82) is 0 Å². The molecule has 2 atom stereocenters. The minimum atomic E-state index is -0.444. The first-order chi connectivity index (χ1) is 10.1. The van der Waals surface area contributed by atoms with Gasteiger partial charge in [-0.2, -0.15) is 0 Å². The highest BCUT2D eigenvalue weighted by molar-refractivity contribution is 6.04. The topological polar surface area (TPSA) is 81.4 Å². The van der Waals surface area contributed by atoms with Crippen LogP contribution in [-0.2, 0) is 11.3 Å². The zero-order valence-corrected chi connectivity index (χ0v) is 11.5. The lowest BCUT2D eigenvalue weighted by molar-refractivity contribution is -0.126. The normalized spacial score (nSPS) is 27.7. The minimum absolute atomic E-state index is 0.276. The number of hydrogen-bond donors (Lipinski definition) is 1. The summed E-state index contributed by atoms with van der Waals surface area (Å²) < 4.78 is 5.36. The molecule has 0 radical (unpaired) electrons. The van der Waals surface area contributed by atoms with Crippen molar-refractivity contribution in [3.8, 4) is 0 Å². The number of hydrogen-bond acceptors (Lipinski definition) is 6. The predicted octanol–water partition coefficient (Wildman–Crippen LogP) is -0.357. The number of imide groups is 1. The van der Waals surface area contributed by atoms with E-state index in [0.29, 0.717) is 6.54 Å². The molecule has 0 bridgehead atoms. The third kappa shape index (κ3) is 1.71. The molecule has 0 aliphatic carbocycles. The molecule has 2 unspecified atom stereocenters. The Morgan fingerprint density at radius 3 is 3.05 bits per heavy atom. The van der Waals surface area contributed by atoms with Gasteiger partial charge in [0.25, 0.3) is 5.91 Å². The van der Waals surface area contributed by atoms with E-state index < -0.39 is 18.2 Å². The van der Waals surface area contributed by atoms with Crippen molar-refractivity contribution in [2.75, 3.05) is 20.1 Å². The van der Waals surface area contributed by atoms with Gasteiger partial charge in [-0.15, -0.1) is 0 Å².